The summed E-state index contributed by atoms with van der Waals surface area (Å²) in [6.07, 6.45) is 0.744. The van der Waals surface area contributed by atoms with Gasteiger partial charge < -0.3 is 0 Å². The van der Waals surface area contributed by atoms with E-state index in [1.165, 1.54) is 34.0 Å². The maximum atomic E-state index is 12.7. The minimum Gasteiger partial charge on any atom is -0.298 e. The molecule has 1 atom stereocenters. The molecule has 1 aliphatic heterocycles. The zero-order valence-corrected chi connectivity index (χ0v) is 17.5. The van der Waals surface area contributed by atoms with Crippen molar-refractivity contribution in [1.82, 2.24) is 0 Å². The van der Waals surface area contributed by atoms with Gasteiger partial charge >= 0.3 is 0 Å². The first kappa shape index (κ1) is 18.7. The lowest BCUT2D eigenvalue weighted by Crippen LogP contribution is -2.26. The predicted molar refractivity (Wildman–Crippen MR) is 121 cm³/mol. The van der Waals surface area contributed by atoms with Gasteiger partial charge in [0.2, 0.25) is 0 Å². The first-order valence-electron chi connectivity index (χ1n) is 9.82. The number of hydrogen-bond acceptors (Lipinski definition) is 4. The maximum Gasteiger partial charge on any atom is 0.190 e. The van der Waals surface area contributed by atoms with Gasteiger partial charge in [-0.3, -0.25) is 9.59 Å². The molecule has 0 amide bonds. The number of benzene rings is 3. The molecule has 0 radical (unpaired) electrons. The summed E-state index contributed by atoms with van der Waals surface area (Å²) in [5.74, 6) is 1.11. The van der Waals surface area contributed by atoms with Crippen molar-refractivity contribution in [1.29, 1.82) is 0 Å². The quantitative estimate of drug-likeness (QED) is 0.543. The molecule has 0 bridgehead atoms. The third-order valence-corrected chi connectivity index (χ3v) is 8.05. The van der Waals surface area contributed by atoms with Crippen molar-refractivity contribution in [3.05, 3.63) is 89.5 Å². The Bertz CT molecular complexity index is 1060. The molecule has 144 valence electrons. The van der Waals surface area contributed by atoms with Crippen molar-refractivity contribution in [2.45, 2.75) is 28.9 Å². The molecule has 29 heavy (non-hydrogen) atoms. The van der Waals surface area contributed by atoms with Crippen LogP contribution in [0.2, 0.25) is 0 Å². The van der Waals surface area contributed by atoms with E-state index < -0.39 is 0 Å². The fourth-order valence-electron chi connectivity index (χ4n) is 4.27. The lowest BCUT2D eigenvalue weighted by atomic mass is 9.99. The Kier molecular flexibility index (Phi) is 5.06. The highest BCUT2D eigenvalue weighted by Gasteiger charge is 2.31. The summed E-state index contributed by atoms with van der Waals surface area (Å²) in [6.45, 7) is 0. The SMILES string of the molecule is O=C(CC1Sc2ccccc2CC1=O)SCC1c2ccccc2-c2ccccc21. The van der Waals surface area contributed by atoms with E-state index in [1.807, 2.05) is 24.3 Å². The lowest BCUT2D eigenvalue weighted by molar-refractivity contribution is -0.120. The normalized spacial score (nSPS) is 17.5. The highest BCUT2D eigenvalue weighted by molar-refractivity contribution is 8.13. The summed E-state index contributed by atoms with van der Waals surface area (Å²) in [5, 5.41) is -0.148. The largest absolute Gasteiger partial charge is 0.298 e. The first-order chi connectivity index (χ1) is 14.2. The molecule has 4 heteroatoms. The van der Waals surface area contributed by atoms with Gasteiger partial charge in [0.05, 0.1) is 5.25 Å². The highest BCUT2D eigenvalue weighted by atomic mass is 32.2. The predicted octanol–water partition coefficient (Wildman–Crippen LogP) is 5.73. The van der Waals surface area contributed by atoms with E-state index in [9.17, 15) is 9.59 Å². The highest BCUT2D eigenvalue weighted by Crippen LogP contribution is 2.46. The summed E-state index contributed by atoms with van der Waals surface area (Å²) in [5.41, 5.74) is 6.22. The number of ketones is 1. The Hall–Kier alpha value is -2.30. The molecule has 0 N–H and O–H groups in total. The second-order valence-corrected chi connectivity index (χ2v) is 9.79. The van der Waals surface area contributed by atoms with Crippen molar-refractivity contribution >= 4 is 34.4 Å². The van der Waals surface area contributed by atoms with Gasteiger partial charge in [0.1, 0.15) is 0 Å². The second-order valence-electron chi connectivity index (χ2n) is 7.47. The number of carbonyl (C=O) groups is 2. The zero-order valence-electron chi connectivity index (χ0n) is 15.8. The molecule has 1 unspecified atom stereocenters. The molecule has 3 aromatic carbocycles. The smallest absolute Gasteiger partial charge is 0.190 e. The third kappa shape index (κ3) is 3.56. The van der Waals surface area contributed by atoms with E-state index >= 15 is 0 Å². The second kappa shape index (κ2) is 7.85. The zero-order chi connectivity index (χ0) is 19.8. The summed E-state index contributed by atoms with van der Waals surface area (Å²) < 4.78 is 0. The minimum absolute atomic E-state index is 0.108. The van der Waals surface area contributed by atoms with Crippen LogP contribution in [-0.4, -0.2) is 21.9 Å². The fourth-order valence-corrected chi connectivity index (χ4v) is 6.57. The van der Waals surface area contributed by atoms with Gasteiger partial charge in [0.15, 0.2) is 10.9 Å². The fraction of sp³-hybridized carbons (Fsp3) is 0.200. The van der Waals surface area contributed by atoms with E-state index in [4.69, 9.17) is 0 Å². The standard InChI is InChI=1S/C25H20O2S2/c26-22-13-16-7-1-6-12-23(16)29-24(22)14-25(27)28-15-21-19-10-4-2-8-17(19)18-9-3-5-11-20(18)21/h1-12,21,24H,13-15H2. The van der Waals surface area contributed by atoms with Crippen LogP contribution in [0.25, 0.3) is 11.1 Å². The van der Waals surface area contributed by atoms with E-state index in [-0.39, 0.29) is 22.1 Å². The van der Waals surface area contributed by atoms with Crippen molar-refractivity contribution in [3.8, 4) is 11.1 Å². The van der Waals surface area contributed by atoms with Crippen LogP contribution in [0.3, 0.4) is 0 Å². The van der Waals surface area contributed by atoms with Crippen molar-refractivity contribution < 1.29 is 9.59 Å². The molecule has 1 aliphatic carbocycles. The van der Waals surface area contributed by atoms with Crippen molar-refractivity contribution in [3.63, 3.8) is 0 Å². The summed E-state index contributed by atoms with van der Waals surface area (Å²) in [6, 6.07) is 24.9. The van der Waals surface area contributed by atoms with Crippen LogP contribution in [0.1, 0.15) is 29.0 Å². The molecule has 2 aliphatic rings. The van der Waals surface area contributed by atoms with Crippen LogP contribution in [0.5, 0.6) is 0 Å². The lowest BCUT2D eigenvalue weighted by Gasteiger charge is -2.22. The van der Waals surface area contributed by atoms with Crippen LogP contribution < -0.4 is 0 Å². The summed E-state index contributed by atoms with van der Waals surface area (Å²) in [7, 11) is 0. The molecule has 0 spiro atoms. The van der Waals surface area contributed by atoms with Gasteiger partial charge in [-0.15, -0.1) is 11.8 Å². The third-order valence-electron chi connectivity index (χ3n) is 5.69. The molecule has 5 rings (SSSR count). The van der Waals surface area contributed by atoms with Crippen LogP contribution in [0.15, 0.2) is 77.7 Å². The van der Waals surface area contributed by atoms with Crippen LogP contribution >= 0.6 is 23.5 Å². The van der Waals surface area contributed by atoms with Crippen LogP contribution in [0, 0.1) is 0 Å². The molecular formula is C25H20O2S2. The number of rotatable bonds is 4. The van der Waals surface area contributed by atoms with Gasteiger partial charge in [-0.25, -0.2) is 0 Å². The van der Waals surface area contributed by atoms with Gasteiger partial charge in [-0.1, -0.05) is 78.5 Å². The van der Waals surface area contributed by atoms with Gasteiger partial charge in [-0.2, -0.15) is 0 Å². The molecule has 1 heterocycles. The molecule has 0 saturated carbocycles. The molecule has 0 fully saturated rings. The molecule has 2 nitrogen and oxygen atoms in total. The summed E-state index contributed by atoms with van der Waals surface area (Å²) in [4.78, 5) is 26.4. The molecule has 3 aromatic rings. The topological polar surface area (TPSA) is 34.1 Å². The van der Waals surface area contributed by atoms with E-state index in [0.717, 1.165) is 16.2 Å². The summed E-state index contributed by atoms with van der Waals surface area (Å²) >= 11 is 2.92. The first-order valence-corrected chi connectivity index (χ1v) is 11.7. The molecule has 0 aromatic heterocycles. The Balaban J connectivity index is 1.28. The van der Waals surface area contributed by atoms with Crippen LogP contribution in [0.4, 0.5) is 0 Å². The Morgan fingerprint density at radius 2 is 1.52 bits per heavy atom. The van der Waals surface area contributed by atoms with Gasteiger partial charge in [-0.05, 0) is 33.9 Å². The molecule has 0 saturated heterocycles. The average molecular weight is 417 g/mol. The monoisotopic (exact) mass is 416 g/mol. The van der Waals surface area contributed by atoms with Crippen LogP contribution in [-0.2, 0) is 16.0 Å². The Morgan fingerprint density at radius 1 is 0.897 bits per heavy atom. The van der Waals surface area contributed by atoms with Gasteiger partial charge in [0.25, 0.3) is 0 Å². The number of thioether (sulfide) groups is 2. The van der Waals surface area contributed by atoms with Crippen molar-refractivity contribution in [2.24, 2.45) is 0 Å². The minimum atomic E-state index is -0.256. The maximum absolute atomic E-state index is 12.7. The Labute approximate surface area is 179 Å². The number of carbonyl (C=O) groups excluding carboxylic acids is 2. The van der Waals surface area contributed by atoms with E-state index in [1.54, 1.807) is 11.8 Å². The van der Waals surface area contributed by atoms with Crippen molar-refractivity contribution in [2.75, 3.05) is 5.75 Å². The molecular weight excluding hydrogens is 396 g/mol. The number of fused-ring (bicyclic) bond motifs is 4. The number of Topliss-reactive ketones (excluding diaryl/α,β-unsaturated/α-hetero) is 1. The average Bonchev–Trinajstić information content (AvgIpc) is 3.07. The Morgan fingerprint density at radius 3 is 2.24 bits per heavy atom. The number of hydrogen-bond donors (Lipinski definition) is 0. The van der Waals surface area contributed by atoms with E-state index in [0.29, 0.717) is 12.8 Å². The van der Waals surface area contributed by atoms with Gasteiger partial charge in [0, 0.05) is 29.4 Å². The van der Waals surface area contributed by atoms with E-state index in [2.05, 4.69) is 48.5 Å².